The predicted molar refractivity (Wildman–Crippen MR) is 138 cm³/mol. The van der Waals surface area contributed by atoms with Crippen LogP contribution >= 0.6 is 0 Å². The van der Waals surface area contributed by atoms with Gasteiger partial charge in [-0.3, -0.25) is 4.55 Å². The minimum absolute atomic E-state index is 0.0506. The molecule has 1 unspecified atom stereocenters. The number of fused-ring (bicyclic) bond motifs is 5. The summed E-state index contributed by atoms with van der Waals surface area (Å²) in [5.41, 5.74) is -5.32. The van der Waals surface area contributed by atoms with E-state index >= 15 is 0 Å². The van der Waals surface area contributed by atoms with Crippen molar-refractivity contribution in [2.75, 3.05) is 6.61 Å². The molecular weight excluding hydrogens is 516 g/mol. The Kier molecular flexibility index (Phi) is 8.00. The molecule has 0 spiro atoms. The van der Waals surface area contributed by atoms with Gasteiger partial charge in [0.1, 0.15) is 17.3 Å². The van der Waals surface area contributed by atoms with Gasteiger partial charge in [-0.1, -0.05) is 27.4 Å². The van der Waals surface area contributed by atoms with Crippen molar-refractivity contribution in [2.45, 2.75) is 114 Å². The molecule has 0 aromatic rings. The third-order valence-corrected chi connectivity index (χ3v) is 12.0. The van der Waals surface area contributed by atoms with Gasteiger partial charge in [-0.25, -0.2) is 4.18 Å². The summed E-state index contributed by atoms with van der Waals surface area (Å²) in [6.45, 7) is 9.07. The Morgan fingerprint density at radius 3 is 2.37 bits per heavy atom. The van der Waals surface area contributed by atoms with Crippen molar-refractivity contribution >= 4 is 10.4 Å². The summed E-state index contributed by atoms with van der Waals surface area (Å²) in [5, 5.41) is 66.3. The van der Waals surface area contributed by atoms with E-state index in [2.05, 4.69) is 6.58 Å². The first-order valence-corrected chi connectivity index (χ1v) is 15.2. The Bertz CT molecular complexity index is 1020. The first kappa shape index (κ1) is 30.3. The summed E-state index contributed by atoms with van der Waals surface area (Å²) >= 11 is 0. The van der Waals surface area contributed by atoms with Crippen molar-refractivity contribution < 1.29 is 47.8 Å². The van der Waals surface area contributed by atoms with Crippen LogP contribution in [0.4, 0.5) is 0 Å². The van der Waals surface area contributed by atoms with Crippen molar-refractivity contribution in [3.8, 4) is 0 Å². The number of rotatable bonds is 8. The van der Waals surface area contributed by atoms with Gasteiger partial charge in [0.25, 0.3) is 0 Å². The molecule has 4 fully saturated rings. The van der Waals surface area contributed by atoms with Crippen molar-refractivity contribution in [2.24, 2.45) is 34.5 Å². The molecule has 4 aliphatic rings. The summed E-state index contributed by atoms with van der Waals surface area (Å²) in [5.74, 6) is -1.24. The predicted octanol–water partition coefficient (Wildman–Crippen LogP) is 1.33. The van der Waals surface area contributed by atoms with Crippen LogP contribution in [0.2, 0.25) is 0 Å². The molecule has 7 N–H and O–H groups in total. The highest BCUT2D eigenvalue weighted by Gasteiger charge is 2.79. The standard InChI is InChI=1S/C27H46O10S/c1-15(5-6-20(30)16(2)14-28)18-12-23(37-38(34,35)36)27(33)25(18,4)10-8-22-24(3)9-7-17(29)11-19(24)21(31)13-26(22,27)32/h15,17-23,28-33H,2,5-14H2,1,3-4H3,(H,34,35,36)/t15-,17+,18-,19-,20?,21+,22-,23+,24+,25-,26+,27+/m1/s1. The van der Waals surface area contributed by atoms with Crippen LogP contribution in [0.15, 0.2) is 12.2 Å². The van der Waals surface area contributed by atoms with Crippen molar-refractivity contribution in [1.29, 1.82) is 0 Å². The monoisotopic (exact) mass is 562 g/mol. The van der Waals surface area contributed by atoms with Crippen LogP contribution in [0.1, 0.15) is 78.6 Å². The summed E-state index contributed by atoms with van der Waals surface area (Å²) in [4.78, 5) is 0. The van der Waals surface area contributed by atoms with Gasteiger partial charge in [-0.05, 0) is 86.0 Å². The van der Waals surface area contributed by atoms with Crippen molar-refractivity contribution in [3.63, 3.8) is 0 Å². The number of hydrogen-bond donors (Lipinski definition) is 7. The molecule has 4 saturated carbocycles. The Balaban J connectivity index is 1.74. The second-order valence-electron chi connectivity index (χ2n) is 13.3. The lowest BCUT2D eigenvalue weighted by Gasteiger charge is -2.68. The lowest BCUT2D eigenvalue weighted by molar-refractivity contribution is -0.328. The lowest BCUT2D eigenvalue weighted by Crippen LogP contribution is -2.77. The number of hydrogen-bond acceptors (Lipinski definition) is 9. The van der Waals surface area contributed by atoms with Crippen LogP contribution in [-0.2, 0) is 14.6 Å². The first-order chi connectivity index (χ1) is 17.4. The summed E-state index contributed by atoms with van der Waals surface area (Å²) in [7, 11) is -4.98. The third kappa shape index (κ3) is 4.50. The summed E-state index contributed by atoms with van der Waals surface area (Å²) in [6.07, 6.45) is -0.824. The molecule has 0 saturated heterocycles. The van der Waals surface area contributed by atoms with Gasteiger partial charge < -0.3 is 30.6 Å². The zero-order valence-electron chi connectivity index (χ0n) is 22.7. The molecule has 4 aliphatic carbocycles. The van der Waals surface area contributed by atoms with Crippen LogP contribution < -0.4 is 0 Å². The fourth-order valence-electron chi connectivity index (χ4n) is 9.46. The highest BCUT2D eigenvalue weighted by molar-refractivity contribution is 7.80. The topological polar surface area (TPSA) is 185 Å². The minimum Gasteiger partial charge on any atom is -0.393 e. The van der Waals surface area contributed by atoms with Gasteiger partial charge in [0.2, 0.25) is 0 Å². The molecule has 220 valence electrons. The third-order valence-electron chi connectivity index (χ3n) is 11.5. The number of aliphatic hydroxyl groups excluding tert-OH is 4. The maximum absolute atomic E-state index is 12.6. The van der Waals surface area contributed by atoms with E-state index in [1.54, 1.807) is 0 Å². The van der Waals surface area contributed by atoms with E-state index in [0.717, 1.165) is 0 Å². The highest BCUT2D eigenvalue weighted by Crippen LogP contribution is 2.71. The molecule has 0 heterocycles. The molecule has 12 atom stereocenters. The normalized spacial score (nSPS) is 48.5. The van der Waals surface area contributed by atoms with Crippen molar-refractivity contribution in [1.82, 2.24) is 0 Å². The maximum Gasteiger partial charge on any atom is 0.397 e. The maximum atomic E-state index is 12.6. The quantitative estimate of drug-likeness (QED) is 0.168. The minimum atomic E-state index is -4.98. The fourth-order valence-corrected chi connectivity index (χ4v) is 9.97. The van der Waals surface area contributed by atoms with E-state index in [1.807, 2.05) is 20.8 Å². The van der Waals surface area contributed by atoms with Crippen molar-refractivity contribution in [3.05, 3.63) is 12.2 Å². The van der Waals surface area contributed by atoms with Gasteiger partial charge >= 0.3 is 10.4 Å². The largest absolute Gasteiger partial charge is 0.397 e. The Labute approximate surface area is 225 Å². The van der Waals surface area contributed by atoms with E-state index in [1.165, 1.54) is 0 Å². The Hall–Kier alpha value is -0.630. The zero-order valence-corrected chi connectivity index (χ0v) is 23.5. The molecule has 11 heteroatoms. The average molecular weight is 563 g/mol. The van der Waals surface area contributed by atoms with Crippen LogP contribution in [-0.4, -0.2) is 85.8 Å². The Morgan fingerprint density at radius 2 is 1.76 bits per heavy atom. The van der Waals surface area contributed by atoms with Gasteiger partial charge in [-0.2, -0.15) is 8.42 Å². The molecule has 0 aromatic heterocycles. The highest BCUT2D eigenvalue weighted by atomic mass is 32.3. The smallest absolute Gasteiger partial charge is 0.393 e. The van der Waals surface area contributed by atoms with Crippen LogP contribution in [0.3, 0.4) is 0 Å². The average Bonchev–Trinajstić information content (AvgIpc) is 3.05. The summed E-state index contributed by atoms with van der Waals surface area (Å²) in [6, 6.07) is 0. The van der Waals surface area contributed by atoms with Crippen LogP contribution in [0.25, 0.3) is 0 Å². The second-order valence-corrected chi connectivity index (χ2v) is 14.3. The van der Waals surface area contributed by atoms with Crippen LogP contribution in [0, 0.1) is 34.5 Å². The van der Waals surface area contributed by atoms with Crippen LogP contribution in [0.5, 0.6) is 0 Å². The molecule has 38 heavy (non-hydrogen) atoms. The number of aliphatic hydroxyl groups is 6. The lowest BCUT2D eigenvalue weighted by atomic mass is 9.40. The molecule has 0 radical (unpaired) electrons. The first-order valence-electron chi connectivity index (χ1n) is 13.9. The van der Waals surface area contributed by atoms with E-state index in [-0.39, 0.29) is 37.2 Å². The van der Waals surface area contributed by atoms with Gasteiger partial charge in [0.15, 0.2) is 0 Å². The molecule has 0 aromatic carbocycles. The van der Waals surface area contributed by atoms with E-state index in [0.29, 0.717) is 50.5 Å². The van der Waals surface area contributed by atoms with E-state index in [4.69, 9.17) is 4.18 Å². The zero-order chi connectivity index (χ0) is 28.5. The molecule has 0 amide bonds. The van der Waals surface area contributed by atoms with Gasteiger partial charge in [-0.15, -0.1) is 0 Å². The SMILES string of the molecule is C=C(CO)C(O)CC[C@@H](C)[C@H]1C[C@H](OS(=O)(=O)O)[C@]2(O)[C@]1(C)CC[C@@H]1[C@@]3(C)CC[C@H](O)C[C@@H]3[C@@H](O)C[C@]12O. The van der Waals surface area contributed by atoms with Gasteiger partial charge in [0.05, 0.1) is 24.9 Å². The molecule has 0 aliphatic heterocycles. The molecule has 10 nitrogen and oxygen atoms in total. The van der Waals surface area contributed by atoms with Gasteiger partial charge in [0, 0.05) is 11.8 Å². The molecule has 0 bridgehead atoms. The molecular formula is C27H46O10S. The molecule has 4 rings (SSSR count). The fraction of sp³-hybridized carbons (Fsp3) is 0.926. The van der Waals surface area contributed by atoms with E-state index < -0.39 is 62.8 Å². The summed E-state index contributed by atoms with van der Waals surface area (Å²) < 4.78 is 38.7. The van der Waals surface area contributed by atoms with E-state index in [9.17, 15) is 43.6 Å². The second kappa shape index (κ2) is 10.0. The Morgan fingerprint density at radius 1 is 1.11 bits per heavy atom.